The van der Waals surface area contributed by atoms with Crippen LogP contribution < -0.4 is 48.5 Å². The number of methoxy groups -OCH3 is 4. The Labute approximate surface area is 783 Å². The highest BCUT2D eigenvalue weighted by atomic mass is 79.9. The lowest BCUT2D eigenvalue weighted by Gasteiger charge is -2.32. The first-order valence-corrected chi connectivity index (χ1v) is 49.4. The molecule has 0 unspecified atom stereocenters. The molecule has 0 aliphatic carbocycles. The summed E-state index contributed by atoms with van der Waals surface area (Å²) < 4.78 is 158. The topological polar surface area (TPSA) is 328 Å². The van der Waals surface area contributed by atoms with Gasteiger partial charge in [-0.05, 0) is 208 Å². The zero-order valence-corrected chi connectivity index (χ0v) is 83.0. The number of hydrogen-bond donors (Lipinski definition) is 2. The van der Waals surface area contributed by atoms with Crippen molar-refractivity contribution in [1.29, 1.82) is 0 Å². The van der Waals surface area contributed by atoms with Crippen LogP contribution in [0.2, 0.25) is 0 Å². The Balaban J connectivity index is 0.000000149. The number of fused-ring (bicyclic) bond motifs is 5. The van der Waals surface area contributed by atoms with Crippen molar-refractivity contribution in [3.63, 3.8) is 0 Å². The van der Waals surface area contributed by atoms with Crippen molar-refractivity contribution in [3.05, 3.63) is 203 Å². The Kier molecular flexibility index (Phi) is 29.5. The molecule has 1 amide bonds. The van der Waals surface area contributed by atoms with Crippen LogP contribution >= 0.6 is 73.7 Å². The van der Waals surface area contributed by atoms with E-state index in [1.165, 1.54) is 69.6 Å². The van der Waals surface area contributed by atoms with Crippen LogP contribution in [0.4, 0.5) is 20.2 Å². The molecule has 0 radical (unpaired) electrons. The molecule has 7 aromatic carbocycles. The number of sulfonamides is 3. The molecule has 10 heterocycles. The number of carbonyl (C=O) groups excluding carboxylic acids is 1. The number of anilines is 3. The third-order valence-electron chi connectivity index (χ3n) is 23.1. The number of alkyl halides is 2. The van der Waals surface area contributed by atoms with Crippen LogP contribution in [0.3, 0.4) is 0 Å². The lowest BCUT2D eigenvalue weighted by Crippen LogP contribution is -2.41. The minimum atomic E-state index is -4.04. The molecule has 129 heavy (non-hydrogen) atoms. The molecule has 2 N–H and O–H groups in total. The van der Waals surface area contributed by atoms with Gasteiger partial charge < -0.3 is 66.2 Å². The van der Waals surface area contributed by atoms with Gasteiger partial charge in [0.05, 0.1) is 85.2 Å². The van der Waals surface area contributed by atoms with E-state index < -0.39 is 72.3 Å². The quantitative estimate of drug-likeness (QED) is 0.0529. The lowest BCUT2D eigenvalue weighted by molar-refractivity contribution is 0.00578. The van der Waals surface area contributed by atoms with Crippen molar-refractivity contribution in [3.8, 4) is 34.1 Å². The number of rotatable bonds is 20. The Morgan fingerprint density at radius 2 is 1.01 bits per heavy atom. The van der Waals surface area contributed by atoms with Crippen LogP contribution in [0.15, 0.2) is 184 Å². The Hall–Kier alpha value is -9.45. The zero-order valence-electron chi connectivity index (χ0n) is 75.0. The van der Waals surface area contributed by atoms with Gasteiger partial charge in [-0.1, -0.05) is 64.5 Å². The third-order valence-corrected chi connectivity index (χ3v) is 30.9. The summed E-state index contributed by atoms with van der Waals surface area (Å²) in [4.78, 5) is 26.3. The summed E-state index contributed by atoms with van der Waals surface area (Å²) in [5.74, 6) is 2.22. The molecule has 0 atom stereocenters. The number of ether oxygens (including phenoxy) is 5. The lowest BCUT2D eigenvalue weighted by atomic mass is 9.79. The van der Waals surface area contributed by atoms with Crippen LogP contribution in [-0.4, -0.2) is 167 Å². The molecule has 13 aromatic rings. The zero-order chi connectivity index (χ0) is 93.3. The van der Waals surface area contributed by atoms with Gasteiger partial charge in [0.2, 0.25) is 15.4 Å². The van der Waals surface area contributed by atoms with E-state index in [0.717, 1.165) is 121 Å². The fourth-order valence-corrected chi connectivity index (χ4v) is 21.5. The summed E-state index contributed by atoms with van der Waals surface area (Å²) in [5.41, 5.74) is 10.4. The number of aromatic nitrogens is 9. The number of nitrogens with one attached hydrogen (secondary N) is 2. The van der Waals surface area contributed by atoms with E-state index in [1.54, 1.807) is 111 Å². The molecule has 30 nitrogen and oxygen atoms in total. The highest BCUT2D eigenvalue weighted by molar-refractivity contribution is 9.10. The first kappa shape index (κ1) is 97.1. The molecule has 0 spiro atoms. The van der Waals surface area contributed by atoms with Gasteiger partial charge in [-0.25, -0.2) is 53.6 Å². The van der Waals surface area contributed by atoms with E-state index >= 15 is 0 Å². The van der Waals surface area contributed by atoms with Crippen LogP contribution in [0.25, 0.3) is 43.8 Å². The standard InChI is InChI=1S/2C26H31BN4O6S2.C20H19N5O2S2.C14H18BrNO2.C2H4Cl2/c2*1-25(2)26(3,4)37-27(36-25)21-15-30(5)22-13-19(10-11-20(21)22)39(32,33)31(24-28-16-29-38-24)14-17-8-9-18(34-6)12-23(17)35-7;1-25-11-18(15-4-2-3-13-7-8-21-10-17(13)15)16-6-5-14(9-19(16)25)29(26,27)24-20-22-12-23-28-20;1-14(2,3)18-13(17)16-8-7-10-5-4-6-12(15)11(10)9-16;1-2(3)4/h2*8-13,15-16H,14H2,1-7H3;2-6,9,11-12,21H,7-8,10H2,1H3,(H,22,23,24);4-6H,7-9H2,1-3H3;2H,1H3. The number of hydrogen-bond acceptors (Lipinski definition) is 26. The largest absolute Gasteiger partial charge is 0.497 e. The van der Waals surface area contributed by atoms with Gasteiger partial charge in [-0.15, -0.1) is 23.2 Å². The number of benzene rings is 7. The molecule has 4 aliphatic heterocycles. The molecule has 6 aromatic heterocycles. The number of aryl methyl sites for hydroxylation is 3. The van der Waals surface area contributed by atoms with Crippen molar-refractivity contribution in [1.82, 2.24) is 52.0 Å². The monoisotopic (exact) mass is 1970 g/mol. The summed E-state index contributed by atoms with van der Waals surface area (Å²) >= 11 is 16.6. The summed E-state index contributed by atoms with van der Waals surface area (Å²) in [6.45, 7) is 26.6. The van der Waals surface area contributed by atoms with E-state index in [9.17, 15) is 30.0 Å². The molecular weight excluding hydrogens is 1870 g/mol. The third kappa shape index (κ3) is 21.4. The van der Waals surface area contributed by atoms with Gasteiger partial charge in [0.1, 0.15) is 52.4 Å². The molecule has 0 bridgehead atoms. The first-order valence-electron chi connectivity index (χ1n) is 41.0. The highest BCUT2D eigenvalue weighted by Crippen LogP contribution is 2.43. The molecular formula is C88H103B2BrCl2N14O16S6. The smallest absolute Gasteiger partial charge is 0.497 e. The minimum Gasteiger partial charge on any atom is -0.497 e. The van der Waals surface area contributed by atoms with Gasteiger partial charge in [0, 0.05) is 154 Å². The van der Waals surface area contributed by atoms with E-state index in [-0.39, 0.29) is 54.1 Å². The summed E-state index contributed by atoms with van der Waals surface area (Å²) in [6, 6.07) is 38.5. The van der Waals surface area contributed by atoms with E-state index in [2.05, 4.69) is 84.5 Å². The van der Waals surface area contributed by atoms with Crippen molar-refractivity contribution < 1.29 is 72.3 Å². The number of nitrogens with zero attached hydrogens (tertiary/aromatic N) is 12. The van der Waals surface area contributed by atoms with Gasteiger partial charge in [-0.3, -0.25) is 4.72 Å². The molecule has 41 heteroatoms. The average molecular weight is 1980 g/mol. The number of carbonyl (C=O) groups is 1. The average Bonchev–Trinajstić information content (AvgIpc) is 1.59. The molecule has 4 aliphatic rings. The van der Waals surface area contributed by atoms with Crippen LogP contribution in [-0.2, 0) is 114 Å². The Morgan fingerprint density at radius 3 is 1.47 bits per heavy atom. The predicted molar refractivity (Wildman–Crippen MR) is 513 cm³/mol. The fourth-order valence-electron chi connectivity index (χ4n) is 14.9. The second-order valence-corrected chi connectivity index (χ2v) is 43.9. The summed E-state index contributed by atoms with van der Waals surface area (Å²) in [7, 11) is -1.08. The van der Waals surface area contributed by atoms with Crippen LogP contribution in [0.1, 0.15) is 116 Å². The van der Waals surface area contributed by atoms with Crippen LogP contribution in [0, 0.1) is 0 Å². The summed E-state index contributed by atoms with van der Waals surface area (Å²) in [5, 5.41) is 6.94. The summed E-state index contributed by atoms with van der Waals surface area (Å²) in [6.07, 6.45) is 11.6. The molecule has 684 valence electrons. The SMILES string of the molecule is CC(C)(C)OC(=O)N1CCc2cccc(Br)c2C1.CC(Cl)Cl.COc1ccc(CN(c2ncns2)S(=O)(=O)c2ccc3c(B4OC(C)(C)C(C)(C)O4)cn(C)c3c2)c(OC)c1.COc1ccc(CN(c2ncns2)S(=O)(=O)c2ccc3c(B4OC(C)(C)C(C)(C)O4)cn(C)c3c2)c(OC)c1.Cn1cc(-c2cccc3c2CNCC3)c2ccc(S(=O)(=O)Nc3ncns3)cc21. The maximum atomic E-state index is 14.1. The van der Waals surface area contributed by atoms with E-state index in [0.29, 0.717) is 40.7 Å². The molecule has 0 saturated carbocycles. The molecule has 17 rings (SSSR count). The van der Waals surface area contributed by atoms with Crippen molar-refractivity contribution in [2.45, 2.75) is 170 Å². The van der Waals surface area contributed by atoms with Crippen molar-refractivity contribution >= 4 is 183 Å². The van der Waals surface area contributed by atoms with E-state index in [1.807, 2.05) is 142 Å². The molecule has 2 fully saturated rings. The Morgan fingerprint density at radius 1 is 0.566 bits per heavy atom. The Bertz CT molecular complexity index is 6300. The van der Waals surface area contributed by atoms with Gasteiger partial charge >= 0.3 is 20.3 Å². The van der Waals surface area contributed by atoms with Crippen molar-refractivity contribution in [2.24, 2.45) is 21.1 Å². The van der Waals surface area contributed by atoms with Crippen LogP contribution in [0.5, 0.6) is 23.0 Å². The maximum Gasteiger partial charge on any atom is 0.497 e. The molecule has 2 saturated heterocycles. The van der Waals surface area contributed by atoms with E-state index in [4.69, 9.17) is 65.5 Å². The highest BCUT2D eigenvalue weighted by Gasteiger charge is 2.54. The number of halogens is 3. The van der Waals surface area contributed by atoms with Gasteiger partial charge in [0.15, 0.2) is 0 Å². The maximum absolute atomic E-state index is 14.1. The predicted octanol–water partition coefficient (Wildman–Crippen LogP) is 16.2. The fraction of sp³-hybridized carbons (Fsp3) is 0.375. The second-order valence-electron chi connectivity index (χ2n) is 33.9. The minimum absolute atomic E-state index is 0.00492. The van der Waals surface area contributed by atoms with Gasteiger partial charge in [-0.2, -0.15) is 13.1 Å². The second kappa shape index (κ2) is 39.2. The van der Waals surface area contributed by atoms with Crippen molar-refractivity contribution in [2.75, 3.05) is 54.9 Å². The van der Waals surface area contributed by atoms with Gasteiger partial charge in [0.25, 0.3) is 30.1 Å². The number of amides is 1. The first-order chi connectivity index (χ1) is 60.9. The normalized spacial score (nSPS) is 15.6.